The van der Waals surface area contributed by atoms with Crippen LogP contribution in [0.25, 0.3) is 10.9 Å². The van der Waals surface area contributed by atoms with Gasteiger partial charge in [-0.25, -0.2) is 18.7 Å². The SMILES string of the molecule is COc1cc2ncnc(Nc3ccc(Cl)c(Cl)c3F)c2cc1NC(=O)/C(F)=C/CN(C)C. The molecule has 0 saturated heterocycles. The molecular weight excluding hydrogens is 463 g/mol. The number of benzene rings is 2. The van der Waals surface area contributed by atoms with E-state index >= 15 is 0 Å². The molecule has 3 rings (SSSR count). The Morgan fingerprint density at radius 1 is 1.22 bits per heavy atom. The van der Waals surface area contributed by atoms with E-state index < -0.39 is 17.6 Å². The second-order valence-corrected chi connectivity index (χ2v) is 7.69. The average Bonchev–Trinajstić information content (AvgIpc) is 2.77. The second kappa shape index (κ2) is 10.1. The molecule has 1 aromatic heterocycles. The predicted molar refractivity (Wildman–Crippen MR) is 122 cm³/mol. The monoisotopic (exact) mass is 481 g/mol. The van der Waals surface area contributed by atoms with Gasteiger partial charge in [0.15, 0.2) is 11.6 Å². The van der Waals surface area contributed by atoms with Gasteiger partial charge in [0, 0.05) is 18.0 Å². The number of fused-ring (bicyclic) bond motifs is 1. The molecule has 0 atom stereocenters. The third-order valence-electron chi connectivity index (χ3n) is 4.35. The van der Waals surface area contributed by atoms with E-state index in [0.717, 1.165) is 6.08 Å². The molecule has 0 aliphatic rings. The van der Waals surface area contributed by atoms with E-state index in [0.29, 0.717) is 10.9 Å². The lowest BCUT2D eigenvalue weighted by Crippen LogP contribution is -2.16. The first kappa shape index (κ1) is 23.6. The molecule has 2 N–H and O–H groups in total. The number of hydrogen-bond acceptors (Lipinski definition) is 6. The first-order valence-electron chi connectivity index (χ1n) is 9.26. The Morgan fingerprint density at radius 3 is 2.66 bits per heavy atom. The highest BCUT2D eigenvalue weighted by Crippen LogP contribution is 2.35. The maximum atomic E-state index is 14.5. The number of likely N-dealkylation sites (N-methyl/N-ethyl adjacent to an activating group) is 1. The number of methoxy groups -OCH3 is 1. The summed E-state index contributed by atoms with van der Waals surface area (Å²) in [5, 5.41) is 5.58. The van der Waals surface area contributed by atoms with Gasteiger partial charge in [-0.15, -0.1) is 0 Å². The fourth-order valence-corrected chi connectivity index (χ4v) is 3.05. The molecule has 0 spiro atoms. The zero-order valence-corrected chi connectivity index (χ0v) is 18.9. The van der Waals surface area contributed by atoms with Crippen LogP contribution in [0.15, 0.2) is 42.5 Å². The topological polar surface area (TPSA) is 79.4 Å². The van der Waals surface area contributed by atoms with E-state index in [1.165, 1.54) is 31.6 Å². The fourth-order valence-electron chi connectivity index (χ4n) is 2.74. The molecule has 0 aliphatic carbocycles. The van der Waals surface area contributed by atoms with Crippen LogP contribution in [0.4, 0.5) is 26.0 Å². The molecule has 2 aromatic carbocycles. The number of halogens is 4. The molecule has 0 saturated carbocycles. The highest BCUT2D eigenvalue weighted by Gasteiger charge is 2.17. The van der Waals surface area contributed by atoms with Crippen molar-refractivity contribution >= 4 is 57.2 Å². The van der Waals surface area contributed by atoms with Gasteiger partial charge in [-0.05, 0) is 38.4 Å². The predicted octanol–water partition coefficient (Wildman–Crippen LogP) is 5.18. The normalized spacial score (nSPS) is 11.7. The number of carbonyl (C=O) groups is 1. The van der Waals surface area contributed by atoms with Gasteiger partial charge in [0.2, 0.25) is 0 Å². The lowest BCUT2D eigenvalue weighted by molar-refractivity contribution is -0.114. The molecule has 0 bridgehead atoms. The Balaban J connectivity index is 2.00. The van der Waals surface area contributed by atoms with E-state index in [2.05, 4.69) is 20.6 Å². The number of nitrogens with one attached hydrogen (secondary N) is 2. The van der Waals surface area contributed by atoms with Crippen LogP contribution in [-0.4, -0.2) is 48.5 Å². The first-order chi connectivity index (χ1) is 15.2. The minimum Gasteiger partial charge on any atom is -0.494 e. The number of ether oxygens (including phenoxy) is 1. The Kier molecular flexibility index (Phi) is 7.44. The van der Waals surface area contributed by atoms with Crippen LogP contribution in [0.2, 0.25) is 10.0 Å². The van der Waals surface area contributed by atoms with Crippen molar-refractivity contribution in [3.05, 3.63) is 58.4 Å². The van der Waals surface area contributed by atoms with Crippen LogP contribution in [0.3, 0.4) is 0 Å². The summed E-state index contributed by atoms with van der Waals surface area (Å²) in [6.07, 6.45) is 2.44. The summed E-state index contributed by atoms with van der Waals surface area (Å²) in [4.78, 5) is 22.3. The van der Waals surface area contributed by atoms with Gasteiger partial charge in [0.1, 0.15) is 17.9 Å². The lowest BCUT2D eigenvalue weighted by Gasteiger charge is -2.14. The molecule has 0 radical (unpaired) electrons. The average molecular weight is 482 g/mol. The fraction of sp³-hybridized carbons (Fsp3) is 0.190. The third-order valence-corrected chi connectivity index (χ3v) is 5.13. The number of amides is 1. The highest BCUT2D eigenvalue weighted by molar-refractivity contribution is 6.42. The van der Waals surface area contributed by atoms with E-state index in [1.807, 2.05) is 0 Å². The number of anilines is 3. The molecule has 1 amide bonds. The van der Waals surface area contributed by atoms with Crippen LogP contribution in [-0.2, 0) is 4.79 Å². The molecule has 32 heavy (non-hydrogen) atoms. The summed E-state index contributed by atoms with van der Waals surface area (Å²) in [6.45, 7) is 0.255. The molecule has 1 heterocycles. The van der Waals surface area contributed by atoms with Crippen molar-refractivity contribution in [2.24, 2.45) is 0 Å². The Hall–Kier alpha value is -3.01. The zero-order valence-electron chi connectivity index (χ0n) is 17.3. The summed E-state index contributed by atoms with van der Waals surface area (Å²) >= 11 is 11.7. The zero-order chi connectivity index (χ0) is 23.4. The van der Waals surface area contributed by atoms with Crippen LogP contribution >= 0.6 is 23.2 Å². The van der Waals surface area contributed by atoms with Crippen molar-refractivity contribution in [3.63, 3.8) is 0 Å². The van der Waals surface area contributed by atoms with Crippen molar-refractivity contribution in [3.8, 4) is 5.75 Å². The summed E-state index contributed by atoms with van der Waals surface area (Å²) in [5.41, 5.74) is 0.672. The standard InChI is InChI=1S/C21H19Cl2F2N5O2/c1-30(2)7-6-13(24)21(31)29-16-8-11-15(9-17(16)32-3)26-10-27-20(11)28-14-5-4-12(22)18(23)19(14)25/h4-6,8-10H,7H2,1-3H3,(H,29,31)(H,26,27,28)/b13-6-. The Morgan fingerprint density at radius 2 is 1.97 bits per heavy atom. The van der Waals surface area contributed by atoms with Crippen molar-refractivity contribution in [1.29, 1.82) is 0 Å². The first-order valence-corrected chi connectivity index (χ1v) is 10.0. The van der Waals surface area contributed by atoms with Gasteiger partial charge >= 0.3 is 0 Å². The number of aromatic nitrogens is 2. The molecular formula is C21H19Cl2F2N5O2. The van der Waals surface area contributed by atoms with Crippen molar-refractivity contribution in [1.82, 2.24) is 14.9 Å². The molecule has 11 heteroatoms. The summed E-state index contributed by atoms with van der Waals surface area (Å²) in [5.74, 6) is -2.14. The smallest absolute Gasteiger partial charge is 0.284 e. The van der Waals surface area contributed by atoms with E-state index in [1.54, 1.807) is 25.1 Å². The minimum atomic E-state index is -0.943. The quantitative estimate of drug-likeness (QED) is 0.357. The van der Waals surface area contributed by atoms with E-state index in [9.17, 15) is 13.6 Å². The number of nitrogens with zero attached hydrogens (tertiary/aromatic N) is 3. The van der Waals surface area contributed by atoms with Crippen molar-refractivity contribution < 1.29 is 18.3 Å². The van der Waals surface area contributed by atoms with E-state index in [-0.39, 0.29) is 39.5 Å². The van der Waals surface area contributed by atoms with E-state index in [4.69, 9.17) is 27.9 Å². The molecule has 3 aromatic rings. The lowest BCUT2D eigenvalue weighted by atomic mass is 10.1. The highest BCUT2D eigenvalue weighted by atomic mass is 35.5. The summed E-state index contributed by atoms with van der Waals surface area (Å²) < 4.78 is 33.9. The van der Waals surface area contributed by atoms with Crippen LogP contribution in [0.1, 0.15) is 0 Å². The Bertz CT molecular complexity index is 1200. The molecule has 0 aliphatic heterocycles. The molecule has 168 valence electrons. The second-order valence-electron chi connectivity index (χ2n) is 6.91. The van der Waals surface area contributed by atoms with Crippen molar-refractivity contribution in [2.45, 2.75) is 0 Å². The van der Waals surface area contributed by atoms with Crippen LogP contribution in [0, 0.1) is 5.82 Å². The molecule has 0 unspecified atom stereocenters. The van der Waals surface area contributed by atoms with Crippen LogP contribution in [0.5, 0.6) is 5.75 Å². The van der Waals surface area contributed by atoms with Gasteiger partial charge in [0.05, 0.1) is 34.0 Å². The maximum absolute atomic E-state index is 14.5. The molecule has 0 fully saturated rings. The maximum Gasteiger partial charge on any atom is 0.284 e. The van der Waals surface area contributed by atoms with Crippen LogP contribution < -0.4 is 15.4 Å². The van der Waals surface area contributed by atoms with Gasteiger partial charge in [-0.1, -0.05) is 23.2 Å². The van der Waals surface area contributed by atoms with Crippen molar-refractivity contribution in [2.75, 3.05) is 38.4 Å². The van der Waals surface area contributed by atoms with Gasteiger partial charge in [0.25, 0.3) is 5.91 Å². The summed E-state index contributed by atoms with van der Waals surface area (Å²) in [6, 6.07) is 5.90. The number of rotatable bonds is 7. The van der Waals surface area contributed by atoms with Gasteiger partial charge < -0.3 is 20.3 Å². The number of carbonyl (C=O) groups excluding carboxylic acids is 1. The summed E-state index contributed by atoms with van der Waals surface area (Å²) in [7, 11) is 4.90. The largest absolute Gasteiger partial charge is 0.494 e. The third kappa shape index (κ3) is 5.24. The Labute approximate surface area is 193 Å². The minimum absolute atomic E-state index is 0.0402. The van der Waals surface area contributed by atoms with Gasteiger partial charge in [-0.2, -0.15) is 0 Å². The van der Waals surface area contributed by atoms with Gasteiger partial charge in [-0.3, -0.25) is 4.79 Å². The molecule has 7 nitrogen and oxygen atoms in total. The number of hydrogen-bond donors (Lipinski definition) is 2.